The number of oxazole rings is 1. The van der Waals surface area contributed by atoms with E-state index in [0.717, 1.165) is 31.3 Å². The lowest BCUT2D eigenvalue weighted by molar-refractivity contribution is -0.157. The van der Waals surface area contributed by atoms with Crippen molar-refractivity contribution in [1.82, 2.24) is 15.0 Å². The van der Waals surface area contributed by atoms with Gasteiger partial charge in [-0.05, 0) is 36.0 Å². The number of nitrogens with one attached hydrogen (secondary N) is 1. The van der Waals surface area contributed by atoms with Gasteiger partial charge in [-0.2, -0.15) is 26.3 Å². The summed E-state index contributed by atoms with van der Waals surface area (Å²) in [6.45, 7) is 0.550. The third kappa shape index (κ3) is 6.78. The second-order valence-corrected chi connectivity index (χ2v) is 10.4. The van der Waals surface area contributed by atoms with Gasteiger partial charge in [0.1, 0.15) is 22.7 Å². The van der Waals surface area contributed by atoms with Crippen molar-refractivity contribution in [2.45, 2.75) is 35.3 Å². The first-order valence-electron chi connectivity index (χ1n) is 9.59. The fraction of sp³-hybridized carbons (Fsp3) is 0.316. The van der Waals surface area contributed by atoms with Gasteiger partial charge in [0.25, 0.3) is 0 Å². The van der Waals surface area contributed by atoms with Gasteiger partial charge < -0.3 is 4.42 Å². The van der Waals surface area contributed by atoms with Crippen LogP contribution in [0.2, 0.25) is 0 Å². The van der Waals surface area contributed by atoms with Crippen molar-refractivity contribution in [2.75, 3.05) is 17.7 Å². The van der Waals surface area contributed by atoms with Crippen LogP contribution >= 0.6 is 11.8 Å². The Balaban J connectivity index is 2.05. The smallest absolute Gasteiger partial charge is 0.435 e. The van der Waals surface area contributed by atoms with Crippen LogP contribution in [-0.4, -0.2) is 53.3 Å². The number of halogens is 6. The van der Waals surface area contributed by atoms with Gasteiger partial charge >= 0.3 is 11.7 Å². The van der Waals surface area contributed by atoms with E-state index >= 15 is 0 Å². The molecule has 190 valence electrons. The number of rotatable bonds is 7. The van der Waals surface area contributed by atoms with E-state index in [2.05, 4.69) is 15.4 Å². The van der Waals surface area contributed by atoms with E-state index in [0.29, 0.717) is 0 Å². The van der Waals surface area contributed by atoms with Crippen LogP contribution in [-0.2, 0) is 14.6 Å². The molecule has 1 aromatic carbocycles. The molecule has 0 aliphatic carbocycles. The average molecular weight is 542 g/mol. The van der Waals surface area contributed by atoms with Crippen LogP contribution < -0.4 is 5.43 Å². The number of pyridine rings is 1. The van der Waals surface area contributed by atoms with Crippen LogP contribution in [0.25, 0.3) is 22.7 Å². The third-order valence-electron chi connectivity index (χ3n) is 4.34. The Hall–Kier alpha value is -3.01. The first kappa shape index (κ1) is 26.6. The molecule has 16 heteroatoms. The van der Waals surface area contributed by atoms with Crippen molar-refractivity contribution in [2.24, 2.45) is 0 Å². The Bertz CT molecular complexity index is 1360. The number of benzene rings is 1. The third-order valence-corrected chi connectivity index (χ3v) is 6.81. The lowest BCUT2D eigenvalue weighted by atomic mass is 10.3. The molecule has 35 heavy (non-hydrogen) atoms. The predicted molar refractivity (Wildman–Crippen MR) is 114 cm³/mol. The first-order valence-corrected chi connectivity index (χ1v) is 12.1. The summed E-state index contributed by atoms with van der Waals surface area (Å²) in [5.41, 5.74) is -2.83. The van der Waals surface area contributed by atoms with E-state index in [9.17, 15) is 39.6 Å². The van der Waals surface area contributed by atoms with Gasteiger partial charge in [0.2, 0.25) is 11.8 Å². The molecular weight excluding hydrogens is 526 g/mol. The molecule has 0 unspecified atom stereocenters. The van der Waals surface area contributed by atoms with Crippen LogP contribution in [0.3, 0.4) is 0 Å². The maximum atomic E-state index is 12.8. The van der Waals surface area contributed by atoms with Crippen molar-refractivity contribution in [3.8, 4) is 11.6 Å². The maximum absolute atomic E-state index is 12.8. The number of carbonyl (C=O) groups excluding carboxylic acids is 1. The quantitative estimate of drug-likeness (QED) is 0.252. The molecule has 8 nitrogen and oxygen atoms in total. The zero-order chi connectivity index (χ0) is 26.2. The molecular formula is C19H16F6N4O4S2. The van der Waals surface area contributed by atoms with Gasteiger partial charge in [-0.25, -0.2) is 23.4 Å². The highest BCUT2D eigenvalue weighted by molar-refractivity contribution is 8.00. The number of anilines is 1. The molecule has 1 N–H and O–H groups in total. The number of sulfone groups is 1. The fourth-order valence-electron chi connectivity index (χ4n) is 2.83. The second kappa shape index (κ2) is 9.56. The SMILES string of the molecule is CCS(=O)(=O)c1cc(NN(CC(F)(F)F)C(C)=O)cnc1-c1nc2cc(SC(F)(F)F)ccc2o1. The zero-order valence-electron chi connectivity index (χ0n) is 17.9. The summed E-state index contributed by atoms with van der Waals surface area (Å²) < 4.78 is 107. The van der Waals surface area contributed by atoms with Crippen LogP contribution in [0, 0.1) is 0 Å². The van der Waals surface area contributed by atoms with Gasteiger partial charge in [-0.15, -0.1) is 0 Å². The highest BCUT2D eigenvalue weighted by Gasteiger charge is 2.33. The highest BCUT2D eigenvalue weighted by atomic mass is 32.2. The van der Waals surface area contributed by atoms with E-state index in [-0.39, 0.29) is 50.0 Å². The second-order valence-electron chi connectivity index (χ2n) is 7.00. The number of hydrazine groups is 1. The minimum atomic E-state index is -4.73. The maximum Gasteiger partial charge on any atom is 0.446 e. The van der Waals surface area contributed by atoms with Crippen molar-refractivity contribution in [3.63, 3.8) is 0 Å². The van der Waals surface area contributed by atoms with E-state index in [1.807, 2.05) is 0 Å². The summed E-state index contributed by atoms with van der Waals surface area (Å²) in [4.78, 5) is 18.9. The molecule has 0 radical (unpaired) electrons. The van der Waals surface area contributed by atoms with Crippen molar-refractivity contribution in [3.05, 3.63) is 30.5 Å². The van der Waals surface area contributed by atoms with Gasteiger partial charge in [-0.3, -0.25) is 10.2 Å². The average Bonchev–Trinajstić information content (AvgIpc) is 3.14. The Morgan fingerprint density at radius 1 is 1.17 bits per heavy atom. The predicted octanol–water partition coefficient (Wildman–Crippen LogP) is 5.03. The van der Waals surface area contributed by atoms with E-state index in [1.165, 1.54) is 13.0 Å². The normalized spacial score (nSPS) is 12.7. The van der Waals surface area contributed by atoms with Gasteiger partial charge in [-0.1, -0.05) is 6.92 Å². The Morgan fingerprint density at radius 2 is 1.86 bits per heavy atom. The van der Waals surface area contributed by atoms with E-state index in [4.69, 9.17) is 4.42 Å². The minimum absolute atomic E-state index is 0.00558. The molecule has 0 spiro atoms. The monoisotopic (exact) mass is 542 g/mol. The number of fused-ring (bicyclic) bond motifs is 1. The number of amides is 1. The summed E-state index contributed by atoms with van der Waals surface area (Å²) in [5, 5.41) is 0.234. The number of aromatic nitrogens is 2. The van der Waals surface area contributed by atoms with E-state index in [1.54, 1.807) is 0 Å². The number of hydrogen-bond acceptors (Lipinski definition) is 8. The van der Waals surface area contributed by atoms with Crippen molar-refractivity contribution < 1.29 is 44.0 Å². The topological polar surface area (TPSA) is 105 Å². The minimum Gasteiger partial charge on any atom is -0.435 e. The van der Waals surface area contributed by atoms with Crippen molar-refractivity contribution in [1.29, 1.82) is 0 Å². The van der Waals surface area contributed by atoms with Gasteiger partial charge in [0.15, 0.2) is 15.4 Å². The van der Waals surface area contributed by atoms with Crippen LogP contribution in [0.1, 0.15) is 13.8 Å². The molecule has 0 fully saturated rings. The molecule has 0 bridgehead atoms. The Labute approximate surface area is 198 Å². The van der Waals surface area contributed by atoms with E-state index < -0.39 is 44.6 Å². The van der Waals surface area contributed by atoms with Crippen LogP contribution in [0.4, 0.5) is 32.0 Å². The Morgan fingerprint density at radius 3 is 2.43 bits per heavy atom. The molecule has 2 aromatic heterocycles. The number of alkyl halides is 6. The lowest BCUT2D eigenvalue weighted by Gasteiger charge is -2.24. The highest BCUT2D eigenvalue weighted by Crippen LogP contribution is 2.38. The zero-order valence-corrected chi connectivity index (χ0v) is 19.5. The number of thioether (sulfide) groups is 1. The lowest BCUT2D eigenvalue weighted by Crippen LogP contribution is -2.41. The molecule has 0 aliphatic heterocycles. The van der Waals surface area contributed by atoms with Crippen LogP contribution in [0.15, 0.2) is 44.7 Å². The fourth-order valence-corrected chi connectivity index (χ4v) is 4.46. The summed E-state index contributed by atoms with van der Waals surface area (Å²) in [5.74, 6) is -1.74. The van der Waals surface area contributed by atoms with Crippen molar-refractivity contribution >= 4 is 44.3 Å². The summed E-state index contributed by atoms with van der Waals surface area (Å²) >= 11 is -0.368. The molecule has 1 amide bonds. The van der Waals surface area contributed by atoms with Crippen LogP contribution in [0.5, 0.6) is 0 Å². The number of carbonyl (C=O) groups is 1. The molecule has 2 heterocycles. The standard InChI is InChI=1S/C19H16F6N4O4S2/c1-3-35(31,32)15-6-11(28-29(10(2)30)9-18(20,21)22)8-26-16(15)17-27-13-7-12(34-19(23,24)25)4-5-14(13)33-17/h4-8,28H,3,9H2,1-2H3. The Kier molecular flexibility index (Phi) is 7.26. The summed E-state index contributed by atoms with van der Waals surface area (Å²) in [6, 6.07) is 4.45. The molecule has 0 atom stereocenters. The molecule has 3 rings (SSSR count). The number of nitrogens with zero attached hydrogens (tertiary/aromatic N) is 3. The molecule has 0 aliphatic rings. The summed E-state index contributed by atoms with van der Waals surface area (Å²) in [7, 11) is -4.04. The molecule has 3 aromatic rings. The molecule has 0 saturated carbocycles. The van der Waals surface area contributed by atoms with Gasteiger partial charge in [0, 0.05) is 11.8 Å². The van der Waals surface area contributed by atoms with Gasteiger partial charge in [0.05, 0.1) is 17.6 Å². The molecule has 0 saturated heterocycles. The first-order chi connectivity index (χ1) is 16.1. The number of hydrogen-bond donors (Lipinski definition) is 1. The largest absolute Gasteiger partial charge is 0.446 e. The summed E-state index contributed by atoms with van der Waals surface area (Å²) in [6.07, 6.45) is -3.76.